The van der Waals surface area contributed by atoms with E-state index in [1.54, 1.807) is 24.3 Å². The summed E-state index contributed by atoms with van der Waals surface area (Å²) in [5.74, 6) is -0.991. The summed E-state index contributed by atoms with van der Waals surface area (Å²) in [5, 5.41) is 2.76. The smallest absolute Gasteiger partial charge is 0.343 e. The predicted molar refractivity (Wildman–Crippen MR) is 131 cm³/mol. The molecule has 1 aliphatic rings. The van der Waals surface area contributed by atoms with E-state index in [-0.39, 0.29) is 17.3 Å². The first kappa shape index (κ1) is 23.3. The quantitative estimate of drug-likeness (QED) is 0.296. The second kappa shape index (κ2) is 9.93. The van der Waals surface area contributed by atoms with E-state index in [0.29, 0.717) is 23.4 Å². The number of imide groups is 1. The standard InChI is InChI=1S/C27H23ClN2O4/c1-17-8-9-18(2)22(16-17)34-27(33)20-10-12-21(13-11-20)29-24-23(28)25(31)30(26(24)32)15-14-19-6-4-3-5-7-19/h3-13,16,29H,14-15H2,1-2H3. The number of ether oxygens (including phenoxy) is 1. The molecular weight excluding hydrogens is 452 g/mol. The molecule has 3 aromatic carbocycles. The van der Waals surface area contributed by atoms with Gasteiger partial charge < -0.3 is 10.1 Å². The summed E-state index contributed by atoms with van der Waals surface area (Å²) < 4.78 is 5.52. The van der Waals surface area contributed by atoms with Gasteiger partial charge in [0.25, 0.3) is 11.8 Å². The molecule has 0 saturated carbocycles. The molecular formula is C27H23ClN2O4. The molecule has 0 radical (unpaired) electrons. The van der Waals surface area contributed by atoms with Crippen molar-refractivity contribution >= 4 is 35.1 Å². The summed E-state index contributed by atoms with van der Waals surface area (Å²) in [6, 6.07) is 21.7. The number of aryl methyl sites for hydroxylation is 2. The van der Waals surface area contributed by atoms with Gasteiger partial charge in [-0.15, -0.1) is 0 Å². The number of benzene rings is 3. The Bertz CT molecular complexity index is 1280. The number of rotatable bonds is 7. The summed E-state index contributed by atoms with van der Waals surface area (Å²) in [5.41, 5.74) is 3.76. The fraction of sp³-hybridized carbons (Fsp3) is 0.148. The van der Waals surface area contributed by atoms with Crippen LogP contribution in [0.2, 0.25) is 0 Å². The highest BCUT2D eigenvalue weighted by atomic mass is 35.5. The normalized spacial score (nSPS) is 13.4. The van der Waals surface area contributed by atoms with Crippen molar-refractivity contribution in [3.8, 4) is 5.75 Å². The molecule has 0 aromatic heterocycles. The summed E-state index contributed by atoms with van der Waals surface area (Å²) in [6.07, 6.45) is 0.535. The zero-order chi connectivity index (χ0) is 24.2. The minimum atomic E-state index is -0.529. The molecule has 1 N–H and O–H groups in total. The van der Waals surface area contributed by atoms with Gasteiger partial charge in [-0.25, -0.2) is 4.79 Å². The van der Waals surface area contributed by atoms with E-state index in [4.69, 9.17) is 16.3 Å². The molecule has 0 atom stereocenters. The Kier molecular flexibility index (Phi) is 6.80. The molecule has 172 valence electrons. The first-order chi connectivity index (χ1) is 16.3. The lowest BCUT2D eigenvalue weighted by atomic mass is 10.1. The molecule has 6 nitrogen and oxygen atoms in total. The molecule has 0 fully saturated rings. The van der Waals surface area contributed by atoms with Gasteiger partial charge in [0, 0.05) is 12.2 Å². The van der Waals surface area contributed by atoms with Gasteiger partial charge in [0.2, 0.25) is 0 Å². The SMILES string of the molecule is Cc1ccc(C)c(OC(=O)c2ccc(NC3=C(Cl)C(=O)N(CCc4ccccc4)C3=O)cc2)c1. The van der Waals surface area contributed by atoms with Crippen LogP contribution in [0.5, 0.6) is 5.75 Å². The second-order valence-electron chi connectivity index (χ2n) is 8.05. The van der Waals surface area contributed by atoms with E-state index in [1.807, 2.05) is 62.4 Å². The average molecular weight is 475 g/mol. The van der Waals surface area contributed by atoms with Crippen LogP contribution in [-0.4, -0.2) is 29.2 Å². The second-order valence-corrected chi connectivity index (χ2v) is 8.43. The van der Waals surface area contributed by atoms with Gasteiger partial charge in [-0.05, 0) is 67.3 Å². The lowest BCUT2D eigenvalue weighted by Gasteiger charge is -2.15. The van der Waals surface area contributed by atoms with Crippen molar-refractivity contribution in [3.05, 3.63) is 106 Å². The van der Waals surface area contributed by atoms with Gasteiger partial charge in [-0.2, -0.15) is 0 Å². The number of carbonyl (C=O) groups is 3. The molecule has 2 amide bonds. The van der Waals surface area contributed by atoms with Crippen LogP contribution < -0.4 is 10.1 Å². The van der Waals surface area contributed by atoms with Crippen LogP contribution in [0.4, 0.5) is 5.69 Å². The Morgan fingerprint density at radius 3 is 2.35 bits per heavy atom. The number of carbonyl (C=O) groups excluding carboxylic acids is 3. The van der Waals surface area contributed by atoms with Crippen molar-refractivity contribution in [2.24, 2.45) is 0 Å². The number of amides is 2. The highest BCUT2D eigenvalue weighted by molar-refractivity contribution is 6.48. The monoisotopic (exact) mass is 474 g/mol. The number of hydrogen-bond donors (Lipinski definition) is 1. The maximum absolute atomic E-state index is 12.8. The van der Waals surface area contributed by atoms with Gasteiger partial charge in [0.15, 0.2) is 0 Å². The Balaban J connectivity index is 1.41. The third-order valence-electron chi connectivity index (χ3n) is 5.51. The van der Waals surface area contributed by atoms with Crippen molar-refractivity contribution in [2.45, 2.75) is 20.3 Å². The Morgan fingerprint density at radius 2 is 1.65 bits per heavy atom. The molecule has 34 heavy (non-hydrogen) atoms. The summed E-state index contributed by atoms with van der Waals surface area (Å²) in [6.45, 7) is 4.02. The minimum Gasteiger partial charge on any atom is -0.423 e. The molecule has 4 rings (SSSR count). The lowest BCUT2D eigenvalue weighted by molar-refractivity contribution is -0.137. The van der Waals surface area contributed by atoms with Crippen LogP contribution in [0.25, 0.3) is 0 Å². The Hall–Kier alpha value is -3.90. The van der Waals surface area contributed by atoms with Crippen molar-refractivity contribution in [1.82, 2.24) is 4.90 Å². The topological polar surface area (TPSA) is 75.7 Å². The third-order valence-corrected chi connectivity index (χ3v) is 5.87. The molecule has 1 heterocycles. The number of hydrogen-bond acceptors (Lipinski definition) is 5. The van der Waals surface area contributed by atoms with Crippen molar-refractivity contribution in [3.63, 3.8) is 0 Å². The molecule has 1 aliphatic heterocycles. The van der Waals surface area contributed by atoms with Gasteiger partial charge in [-0.3, -0.25) is 14.5 Å². The summed E-state index contributed by atoms with van der Waals surface area (Å²) in [7, 11) is 0. The number of halogens is 1. The fourth-order valence-corrected chi connectivity index (χ4v) is 3.78. The molecule has 0 aliphatic carbocycles. The number of anilines is 1. The van der Waals surface area contributed by atoms with Gasteiger partial charge in [0.05, 0.1) is 5.56 Å². The van der Waals surface area contributed by atoms with Gasteiger partial charge in [-0.1, -0.05) is 54.1 Å². The molecule has 0 bridgehead atoms. The van der Waals surface area contributed by atoms with Crippen LogP contribution in [0.3, 0.4) is 0 Å². The van der Waals surface area contributed by atoms with Crippen LogP contribution in [0.1, 0.15) is 27.0 Å². The highest BCUT2D eigenvalue weighted by Gasteiger charge is 2.37. The zero-order valence-electron chi connectivity index (χ0n) is 18.8. The van der Waals surface area contributed by atoms with E-state index >= 15 is 0 Å². The van der Waals surface area contributed by atoms with E-state index < -0.39 is 17.8 Å². The van der Waals surface area contributed by atoms with Crippen molar-refractivity contribution < 1.29 is 19.1 Å². The van der Waals surface area contributed by atoms with Crippen LogP contribution in [-0.2, 0) is 16.0 Å². The first-order valence-electron chi connectivity index (χ1n) is 10.8. The lowest BCUT2D eigenvalue weighted by Crippen LogP contribution is -2.34. The van der Waals surface area contributed by atoms with Gasteiger partial charge >= 0.3 is 5.97 Å². The van der Waals surface area contributed by atoms with Crippen LogP contribution in [0, 0.1) is 13.8 Å². The third kappa shape index (κ3) is 5.02. The van der Waals surface area contributed by atoms with E-state index in [2.05, 4.69) is 5.32 Å². The van der Waals surface area contributed by atoms with E-state index in [9.17, 15) is 14.4 Å². The molecule has 3 aromatic rings. The molecule has 0 saturated heterocycles. The Morgan fingerprint density at radius 1 is 0.941 bits per heavy atom. The minimum absolute atomic E-state index is 0.0189. The zero-order valence-corrected chi connectivity index (χ0v) is 19.6. The van der Waals surface area contributed by atoms with E-state index in [1.165, 1.54) is 0 Å². The van der Waals surface area contributed by atoms with Crippen LogP contribution >= 0.6 is 11.6 Å². The predicted octanol–water partition coefficient (Wildman–Crippen LogP) is 5.00. The molecule has 0 unspecified atom stereocenters. The van der Waals surface area contributed by atoms with Gasteiger partial charge in [0.1, 0.15) is 16.5 Å². The number of nitrogens with one attached hydrogen (secondary N) is 1. The fourth-order valence-electron chi connectivity index (χ4n) is 3.55. The molecule has 7 heteroatoms. The van der Waals surface area contributed by atoms with Crippen LogP contribution in [0.15, 0.2) is 83.5 Å². The first-order valence-corrected chi connectivity index (χ1v) is 11.2. The maximum atomic E-state index is 12.8. The number of nitrogens with zero attached hydrogens (tertiary/aromatic N) is 1. The largest absolute Gasteiger partial charge is 0.423 e. The highest BCUT2D eigenvalue weighted by Crippen LogP contribution is 2.26. The molecule has 0 spiro atoms. The van der Waals surface area contributed by atoms with Crippen molar-refractivity contribution in [2.75, 3.05) is 11.9 Å². The number of esters is 1. The maximum Gasteiger partial charge on any atom is 0.343 e. The Labute approximate surface area is 202 Å². The van der Waals surface area contributed by atoms with E-state index in [0.717, 1.165) is 21.6 Å². The van der Waals surface area contributed by atoms with Crippen molar-refractivity contribution in [1.29, 1.82) is 0 Å². The summed E-state index contributed by atoms with van der Waals surface area (Å²) >= 11 is 6.18. The summed E-state index contributed by atoms with van der Waals surface area (Å²) in [4.78, 5) is 39.0. The average Bonchev–Trinajstić information content (AvgIpc) is 3.04.